The number of aromatic nitrogens is 3. The Morgan fingerprint density at radius 1 is 1.06 bits per heavy atom. The summed E-state index contributed by atoms with van der Waals surface area (Å²) in [6.07, 6.45) is 0.533. The molecule has 5 heterocycles. The van der Waals surface area contributed by atoms with Crippen molar-refractivity contribution in [3.05, 3.63) is 89.5 Å². The van der Waals surface area contributed by atoms with Crippen LogP contribution in [0.4, 0.5) is 13.2 Å². The Morgan fingerprint density at radius 3 is 2.58 bits per heavy atom. The van der Waals surface area contributed by atoms with Crippen LogP contribution in [0.15, 0.2) is 66.6 Å². The van der Waals surface area contributed by atoms with E-state index in [0.717, 1.165) is 33.0 Å². The van der Waals surface area contributed by atoms with Crippen LogP contribution in [0.1, 0.15) is 24.2 Å². The summed E-state index contributed by atoms with van der Waals surface area (Å²) in [6.45, 7) is 8.33. The van der Waals surface area contributed by atoms with Crippen molar-refractivity contribution in [2.75, 3.05) is 40.0 Å². The van der Waals surface area contributed by atoms with Gasteiger partial charge in [-0.25, -0.2) is 18.2 Å². The summed E-state index contributed by atoms with van der Waals surface area (Å²) in [5, 5.41) is 7.64. The fraction of sp³-hybridized carbons (Fsp3) is 0.306. The molecule has 0 saturated carbocycles. The largest absolute Gasteiger partial charge is 0.490 e. The molecule has 0 unspecified atom stereocenters. The molecule has 2 aliphatic heterocycles. The number of fused-ring (bicyclic) bond motifs is 2. The van der Waals surface area contributed by atoms with Crippen LogP contribution in [-0.2, 0) is 22.6 Å². The van der Waals surface area contributed by atoms with Crippen molar-refractivity contribution in [1.29, 1.82) is 0 Å². The fourth-order valence-corrected chi connectivity index (χ4v) is 7.45. The lowest BCUT2D eigenvalue weighted by Crippen LogP contribution is -2.47. The molecule has 0 spiro atoms. The first-order valence-corrected chi connectivity index (χ1v) is 16.6. The van der Waals surface area contributed by atoms with Crippen molar-refractivity contribution in [3.8, 4) is 39.5 Å². The number of hydrogen-bond acceptors (Lipinski definition) is 7. The molecule has 248 valence electrons. The Hall–Kier alpha value is -4.52. The van der Waals surface area contributed by atoms with E-state index in [4.69, 9.17) is 19.6 Å². The number of nitrogens with zero attached hydrogens (tertiary/aromatic N) is 5. The maximum absolute atomic E-state index is 16.1. The quantitative estimate of drug-likeness (QED) is 0.117. The van der Waals surface area contributed by atoms with E-state index in [9.17, 15) is 13.6 Å². The number of carbonyl (C=O) groups excluding carboxylic acids is 1. The van der Waals surface area contributed by atoms with Gasteiger partial charge in [0.15, 0.2) is 0 Å². The molecule has 1 saturated heterocycles. The molecule has 3 aromatic heterocycles. The molecule has 2 aliphatic rings. The molecule has 1 fully saturated rings. The summed E-state index contributed by atoms with van der Waals surface area (Å²) in [4.78, 5) is 21.6. The zero-order chi connectivity index (χ0) is 33.5. The van der Waals surface area contributed by atoms with Crippen LogP contribution in [0.2, 0.25) is 0 Å². The van der Waals surface area contributed by atoms with Gasteiger partial charge in [-0.3, -0.25) is 14.4 Å². The maximum Gasteiger partial charge on any atom is 0.246 e. The molecular formula is C36H34F3N5O3S. The lowest BCUT2D eigenvalue weighted by atomic mass is 9.96. The van der Waals surface area contributed by atoms with Gasteiger partial charge in [0, 0.05) is 66.6 Å². The Morgan fingerprint density at radius 2 is 1.85 bits per heavy atom. The van der Waals surface area contributed by atoms with Gasteiger partial charge in [0.1, 0.15) is 41.6 Å². The summed E-state index contributed by atoms with van der Waals surface area (Å²) >= 11 is 1.42. The summed E-state index contributed by atoms with van der Waals surface area (Å²) < 4.78 is 57.7. The van der Waals surface area contributed by atoms with Gasteiger partial charge < -0.3 is 14.4 Å². The molecule has 1 amide bonds. The van der Waals surface area contributed by atoms with Crippen molar-refractivity contribution >= 4 is 27.3 Å². The van der Waals surface area contributed by atoms with E-state index in [-0.39, 0.29) is 36.5 Å². The minimum Gasteiger partial charge on any atom is -0.490 e. The van der Waals surface area contributed by atoms with E-state index in [1.54, 1.807) is 4.90 Å². The molecular weight excluding hydrogens is 639 g/mol. The van der Waals surface area contributed by atoms with E-state index in [1.807, 2.05) is 53.4 Å². The van der Waals surface area contributed by atoms with Crippen molar-refractivity contribution in [2.24, 2.45) is 0 Å². The number of ether oxygens (including phenoxy) is 2. The number of amides is 1. The van der Waals surface area contributed by atoms with E-state index in [1.165, 1.54) is 30.6 Å². The highest BCUT2D eigenvalue weighted by Crippen LogP contribution is 2.47. The number of benzene rings is 2. The monoisotopic (exact) mass is 673 g/mol. The lowest BCUT2D eigenvalue weighted by molar-refractivity contribution is -0.129. The van der Waals surface area contributed by atoms with Gasteiger partial charge in [-0.05, 0) is 36.1 Å². The predicted molar refractivity (Wildman–Crippen MR) is 179 cm³/mol. The molecule has 1 atom stereocenters. The number of rotatable bonds is 10. The third-order valence-electron chi connectivity index (χ3n) is 8.93. The van der Waals surface area contributed by atoms with Gasteiger partial charge in [0.25, 0.3) is 0 Å². The Balaban J connectivity index is 1.41. The number of methoxy groups -OCH3 is 1. The SMILES string of the molecule is C=CC(=O)N1CCn2nc(-c3nc(-c4ccc(CN5CC(F)C5)cc4)c4ccsc4c3-c3c(F)cc(F)cc3OCCOC)cc2[C@H]1C. The van der Waals surface area contributed by atoms with E-state index in [0.29, 0.717) is 55.4 Å². The summed E-state index contributed by atoms with van der Waals surface area (Å²) in [6, 6.07) is 13.5. The minimum atomic E-state index is -0.793. The van der Waals surface area contributed by atoms with Crippen molar-refractivity contribution in [2.45, 2.75) is 32.2 Å². The highest BCUT2D eigenvalue weighted by Gasteiger charge is 2.31. The predicted octanol–water partition coefficient (Wildman–Crippen LogP) is 7.04. The normalized spacial score (nSPS) is 16.6. The van der Waals surface area contributed by atoms with Crippen molar-refractivity contribution in [1.82, 2.24) is 24.6 Å². The molecule has 7 rings (SSSR count). The van der Waals surface area contributed by atoms with Crippen molar-refractivity contribution < 1.29 is 27.4 Å². The molecule has 8 nitrogen and oxygen atoms in total. The smallest absolute Gasteiger partial charge is 0.246 e. The summed E-state index contributed by atoms with van der Waals surface area (Å²) in [7, 11) is 1.52. The average molecular weight is 674 g/mol. The maximum atomic E-state index is 16.1. The van der Waals surface area contributed by atoms with Crippen molar-refractivity contribution in [3.63, 3.8) is 0 Å². The number of alkyl halides is 1. The number of pyridine rings is 1. The molecule has 2 aromatic carbocycles. The second-order valence-corrected chi connectivity index (χ2v) is 12.9. The number of carbonyl (C=O) groups is 1. The Bertz CT molecular complexity index is 2000. The van der Waals surface area contributed by atoms with Gasteiger partial charge in [-0.1, -0.05) is 30.8 Å². The lowest BCUT2D eigenvalue weighted by Gasteiger charge is -2.34. The van der Waals surface area contributed by atoms with Gasteiger partial charge in [-0.15, -0.1) is 11.3 Å². The first kappa shape index (κ1) is 32.0. The van der Waals surface area contributed by atoms with Crippen LogP contribution in [0.3, 0.4) is 0 Å². The van der Waals surface area contributed by atoms with Crippen LogP contribution >= 0.6 is 11.3 Å². The van der Waals surface area contributed by atoms with Crippen LogP contribution < -0.4 is 4.74 Å². The average Bonchev–Trinajstić information content (AvgIpc) is 3.73. The van der Waals surface area contributed by atoms with Gasteiger partial charge in [0.05, 0.1) is 36.1 Å². The molecule has 0 radical (unpaired) electrons. The molecule has 0 bridgehead atoms. The van der Waals surface area contributed by atoms with Gasteiger partial charge in [0.2, 0.25) is 5.91 Å². The highest BCUT2D eigenvalue weighted by molar-refractivity contribution is 7.18. The fourth-order valence-electron chi connectivity index (χ4n) is 6.50. The van der Waals surface area contributed by atoms with Crippen LogP contribution in [0, 0.1) is 11.6 Å². The van der Waals surface area contributed by atoms with Crippen LogP contribution in [-0.4, -0.2) is 76.6 Å². The second kappa shape index (κ2) is 13.2. The standard InChI is InChI=1S/C36H34F3N5O3S/c1-4-31(45)43-10-11-44-29(21(43)2)17-28(41-44)35-33(32-27(39)15-24(37)16-30(32)47-13-12-46-3)36-26(9-14-48-36)34(40-35)23-7-5-22(6-8-23)18-42-19-25(38)20-42/h4-9,14-17,21,25H,1,10-13,18-20H2,2-3H3/t21-/m1/s1. The Kier molecular flexibility index (Phi) is 8.80. The number of thiophene rings is 1. The second-order valence-electron chi connectivity index (χ2n) is 12.0. The number of halogens is 3. The molecule has 0 aliphatic carbocycles. The third-order valence-corrected chi connectivity index (χ3v) is 9.86. The Labute approximate surface area is 280 Å². The first-order chi connectivity index (χ1) is 23.2. The summed E-state index contributed by atoms with van der Waals surface area (Å²) in [5.74, 6) is -1.71. The van der Waals surface area contributed by atoms with Crippen LogP contribution in [0.25, 0.3) is 43.9 Å². The molecule has 48 heavy (non-hydrogen) atoms. The highest BCUT2D eigenvalue weighted by atomic mass is 32.1. The number of likely N-dealkylation sites (tertiary alicyclic amines) is 1. The third kappa shape index (κ3) is 5.88. The van der Waals surface area contributed by atoms with Gasteiger partial charge in [-0.2, -0.15) is 5.10 Å². The first-order valence-electron chi connectivity index (χ1n) is 15.7. The van der Waals surface area contributed by atoms with E-state index >= 15 is 4.39 Å². The molecule has 5 aromatic rings. The minimum absolute atomic E-state index is 0.0287. The summed E-state index contributed by atoms with van der Waals surface area (Å²) in [5.41, 5.74) is 4.78. The van der Waals surface area contributed by atoms with E-state index < -0.39 is 17.8 Å². The molecule has 0 N–H and O–H groups in total. The molecule has 12 heteroatoms. The van der Waals surface area contributed by atoms with Crippen LogP contribution in [0.5, 0.6) is 5.75 Å². The zero-order valence-corrected chi connectivity index (χ0v) is 27.4. The topological polar surface area (TPSA) is 72.7 Å². The van der Waals surface area contributed by atoms with Gasteiger partial charge >= 0.3 is 0 Å². The number of hydrogen-bond donors (Lipinski definition) is 0. The zero-order valence-electron chi connectivity index (χ0n) is 26.6. The van der Waals surface area contributed by atoms with E-state index in [2.05, 4.69) is 11.5 Å².